The average molecular weight is 270 g/mol. The Balaban J connectivity index is 2.72. The molecule has 1 rings (SSSR count). The van der Waals surface area contributed by atoms with E-state index >= 15 is 0 Å². The van der Waals surface area contributed by atoms with Crippen molar-refractivity contribution in [2.45, 2.75) is 18.6 Å². The van der Waals surface area contributed by atoms with Crippen LogP contribution in [0.1, 0.15) is 23.7 Å². The molecule has 1 aromatic carbocycles. The summed E-state index contributed by atoms with van der Waals surface area (Å²) >= 11 is 0. The smallest absolute Gasteiger partial charge is 0.337 e. The van der Waals surface area contributed by atoms with Gasteiger partial charge in [0, 0.05) is 28.9 Å². The molecule has 2 atom stereocenters. The molecule has 0 spiro atoms. The van der Waals surface area contributed by atoms with Gasteiger partial charge >= 0.3 is 5.97 Å². The van der Waals surface area contributed by atoms with E-state index in [4.69, 9.17) is 10.8 Å². The quantitative estimate of drug-likeness (QED) is 0.682. The van der Waals surface area contributed by atoms with Crippen LogP contribution in [0.5, 0.6) is 0 Å². The molecule has 0 saturated carbocycles. The highest BCUT2D eigenvalue weighted by Gasteiger charge is 2.13. The molecule has 0 aromatic heterocycles. The number of carbonyl (C=O) groups is 1. The van der Waals surface area contributed by atoms with E-state index in [2.05, 4.69) is 5.32 Å². The van der Waals surface area contributed by atoms with Crippen LogP contribution in [0, 0.1) is 0 Å². The summed E-state index contributed by atoms with van der Waals surface area (Å²) in [5, 5.41) is 12.1. The summed E-state index contributed by atoms with van der Waals surface area (Å²) < 4.78 is 11.2. The number of carboxylic acids is 1. The minimum Gasteiger partial charge on any atom is -0.478 e. The SMILES string of the molecule is CC(CCNc1c(N)cccc1C(=O)O)S(C)=O. The van der Waals surface area contributed by atoms with Crippen LogP contribution in [-0.2, 0) is 10.8 Å². The van der Waals surface area contributed by atoms with Crippen molar-refractivity contribution in [2.24, 2.45) is 0 Å². The third-order valence-corrected chi connectivity index (χ3v) is 4.12. The molecular formula is C12H18N2O3S. The van der Waals surface area contributed by atoms with Crippen LogP contribution in [0.3, 0.4) is 0 Å². The molecule has 0 radical (unpaired) electrons. The van der Waals surface area contributed by atoms with E-state index in [0.717, 1.165) is 0 Å². The number of rotatable bonds is 6. The largest absolute Gasteiger partial charge is 0.478 e. The van der Waals surface area contributed by atoms with Crippen LogP contribution in [0.25, 0.3) is 0 Å². The Labute approximate surface area is 109 Å². The summed E-state index contributed by atoms with van der Waals surface area (Å²) in [5.41, 5.74) is 6.74. The van der Waals surface area contributed by atoms with Crippen molar-refractivity contribution in [3.05, 3.63) is 23.8 Å². The van der Waals surface area contributed by atoms with Crippen LogP contribution < -0.4 is 11.1 Å². The Hall–Kier alpha value is -1.56. The van der Waals surface area contributed by atoms with E-state index in [9.17, 15) is 9.00 Å². The minimum atomic E-state index is -1.02. The molecule has 5 nitrogen and oxygen atoms in total. The van der Waals surface area contributed by atoms with Gasteiger partial charge in [0.1, 0.15) is 0 Å². The number of nitrogens with two attached hydrogens (primary N) is 1. The molecule has 2 unspecified atom stereocenters. The predicted octanol–water partition coefficient (Wildman–Crippen LogP) is 1.54. The number of hydrogen-bond donors (Lipinski definition) is 3. The van der Waals surface area contributed by atoms with E-state index in [0.29, 0.717) is 24.3 Å². The van der Waals surface area contributed by atoms with Crippen LogP contribution >= 0.6 is 0 Å². The lowest BCUT2D eigenvalue weighted by molar-refractivity contribution is 0.0698. The third kappa shape index (κ3) is 3.73. The normalized spacial score (nSPS) is 13.9. The lowest BCUT2D eigenvalue weighted by Crippen LogP contribution is -2.16. The van der Waals surface area contributed by atoms with Crippen molar-refractivity contribution in [2.75, 3.05) is 23.9 Å². The van der Waals surface area contributed by atoms with E-state index in [-0.39, 0.29) is 10.8 Å². The number of carboxylic acid groups (broad SMARTS) is 1. The van der Waals surface area contributed by atoms with Crippen molar-refractivity contribution in [3.8, 4) is 0 Å². The highest BCUT2D eigenvalue weighted by molar-refractivity contribution is 7.84. The topological polar surface area (TPSA) is 92.4 Å². The zero-order chi connectivity index (χ0) is 13.7. The number of nitrogens with one attached hydrogen (secondary N) is 1. The molecule has 4 N–H and O–H groups in total. The maximum Gasteiger partial charge on any atom is 0.337 e. The first-order chi connectivity index (χ1) is 8.43. The molecule has 100 valence electrons. The second kappa shape index (κ2) is 6.39. The van der Waals surface area contributed by atoms with Gasteiger partial charge in [-0.2, -0.15) is 0 Å². The second-order valence-electron chi connectivity index (χ2n) is 4.10. The first-order valence-electron chi connectivity index (χ1n) is 5.61. The van der Waals surface area contributed by atoms with Crippen molar-refractivity contribution in [1.29, 1.82) is 0 Å². The fourth-order valence-electron chi connectivity index (χ4n) is 1.51. The number of hydrogen-bond acceptors (Lipinski definition) is 4. The first-order valence-corrected chi connectivity index (χ1v) is 7.23. The van der Waals surface area contributed by atoms with Gasteiger partial charge in [-0.25, -0.2) is 4.79 Å². The van der Waals surface area contributed by atoms with Gasteiger partial charge in [-0.05, 0) is 18.6 Å². The Bertz CT molecular complexity index is 463. The monoisotopic (exact) mass is 270 g/mol. The van der Waals surface area contributed by atoms with Crippen molar-refractivity contribution in [1.82, 2.24) is 0 Å². The highest BCUT2D eigenvalue weighted by atomic mass is 32.2. The molecule has 6 heteroatoms. The van der Waals surface area contributed by atoms with Crippen LogP contribution in [0.4, 0.5) is 11.4 Å². The number of para-hydroxylation sites is 1. The summed E-state index contributed by atoms with van der Waals surface area (Å²) in [7, 11) is -0.875. The Kier molecular flexibility index (Phi) is 5.15. The lowest BCUT2D eigenvalue weighted by atomic mass is 10.1. The van der Waals surface area contributed by atoms with Gasteiger partial charge < -0.3 is 16.2 Å². The maximum absolute atomic E-state index is 11.2. The van der Waals surface area contributed by atoms with E-state index < -0.39 is 16.8 Å². The van der Waals surface area contributed by atoms with Gasteiger partial charge in [0.05, 0.1) is 16.9 Å². The molecule has 0 heterocycles. The molecule has 18 heavy (non-hydrogen) atoms. The van der Waals surface area contributed by atoms with Gasteiger partial charge in [-0.1, -0.05) is 13.0 Å². The second-order valence-corrected chi connectivity index (χ2v) is 5.90. The number of aromatic carboxylic acids is 1. The minimum absolute atomic E-state index is 0.0655. The Morgan fingerprint density at radius 2 is 2.22 bits per heavy atom. The standard InChI is InChI=1S/C12H18N2O3S/c1-8(18(2)17)6-7-14-11-9(12(15)16)4-3-5-10(11)13/h3-5,8,14H,6-7,13H2,1-2H3,(H,15,16). The van der Waals surface area contributed by atoms with Crippen LogP contribution in [0.15, 0.2) is 18.2 Å². The van der Waals surface area contributed by atoms with E-state index in [1.807, 2.05) is 6.92 Å². The summed E-state index contributed by atoms with van der Waals surface area (Å²) in [6, 6.07) is 4.76. The first kappa shape index (κ1) is 14.5. The summed E-state index contributed by atoms with van der Waals surface area (Å²) in [6.45, 7) is 2.43. The van der Waals surface area contributed by atoms with Gasteiger partial charge in [-0.3, -0.25) is 4.21 Å². The molecular weight excluding hydrogens is 252 g/mol. The average Bonchev–Trinajstić information content (AvgIpc) is 2.30. The zero-order valence-corrected chi connectivity index (χ0v) is 11.3. The fraction of sp³-hybridized carbons (Fsp3) is 0.417. The maximum atomic E-state index is 11.2. The molecule has 0 saturated heterocycles. The summed E-state index contributed by atoms with van der Waals surface area (Å²) in [4.78, 5) is 11.0. The number of benzene rings is 1. The molecule has 0 aliphatic rings. The number of nitrogen functional groups attached to an aromatic ring is 1. The van der Waals surface area contributed by atoms with Gasteiger partial charge in [0.15, 0.2) is 0 Å². The van der Waals surface area contributed by atoms with Crippen molar-refractivity contribution >= 4 is 28.1 Å². The third-order valence-electron chi connectivity index (χ3n) is 2.75. The molecule has 0 amide bonds. The van der Waals surface area contributed by atoms with E-state index in [1.165, 1.54) is 6.07 Å². The highest BCUT2D eigenvalue weighted by Crippen LogP contribution is 2.23. The summed E-state index contributed by atoms with van der Waals surface area (Å²) in [6.07, 6.45) is 2.35. The fourth-order valence-corrected chi connectivity index (χ4v) is 1.96. The molecule has 0 fully saturated rings. The van der Waals surface area contributed by atoms with E-state index in [1.54, 1.807) is 18.4 Å². The Morgan fingerprint density at radius 1 is 1.56 bits per heavy atom. The predicted molar refractivity (Wildman–Crippen MR) is 74.4 cm³/mol. The molecule has 0 aliphatic carbocycles. The van der Waals surface area contributed by atoms with Crippen molar-refractivity contribution < 1.29 is 14.1 Å². The van der Waals surface area contributed by atoms with Crippen LogP contribution in [-0.4, -0.2) is 33.3 Å². The zero-order valence-electron chi connectivity index (χ0n) is 10.5. The van der Waals surface area contributed by atoms with Crippen LogP contribution in [0.2, 0.25) is 0 Å². The molecule has 1 aromatic rings. The summed E-state index contributed by atoms with van der Waals surface area (Å²) in [5.74, 6) is -1.02. The Morgan fingerprint density at radius 3 is 2.78 bits per heavy atom. The van der Waals surface area contributed by atoms with Gasteiger partial charge in [-0.15, -0.1) is 0 Å². The molecule has 0 aliphatic heterocycles. The van der Waals surface area contributed by atoms with Gasteiger partial charge in [0.25, 0.3) is 0 Å². The van der Waals surface area contributed by atoms with Crippen molar-refractivity contribution in [3.63, 3.8) is 0 Å². The van der Waals surface area contributed by atoms with Gasteiger partial charge in [0.2, 0.25) is 0 Å². The lowest BCUT2D eigenvalue weighted by Gasteiger charge is -2.14. The molecule has 0 bridgehead atoms. The number of anilines is 2.